The van der Waals surface area contributed by atoms with E-state index in [1.165, 1.54) is 33.5 Å². The lowest BCUT2D eigenvalue weighted by Gasteiger charge is -2.33. The molecular formula is C23H30N4O2S2. The Morgan fingerprint density at radius 2 is 2.19 bits per heavy atom. The molecule has 0 bridgehead atoms. The number of aromatic nitrogens is 3. The molecule has 166 valence electrons. The summed E-state index contributed by atoms with van der Waals surface area (Å²) in [6.45, 7) is 7.49. The molecule has 6 nitrogen and oxygen atoms in total. The van der Waals surface area contributed by atoms with E-state index in [-0.39, 0.29) is 5.91 Å². The number of hydrogen-bond donors (Lipinski definition) is 0. The molecule has 3 heterocycles. The quantitative estimate of drug-likeness (QED) is 0.484. The fourth-order valence-corrected chi connectivity index (χ4v) is 6.07. The van der Waals surface area contributed by atoms with Crippen LogP contribution in [0, 0.1) is 11.3 Å². The number of carbonyl (C=O) groups is 1. The first-order valence-electron chi connectivity index (χ1n) is 10.6. The Balaban J connectivity index is 1.41. The van der Waals surface area contributed by atoms with Crippen molar-refractivity contribution in [3.63, 3.8) is 0 Å². The lowest BCUT2D eigenvalue weighted by molar-refractivity contribution is -0.127. The number of amides is 1. The summed E-state index contributed by atoms with van der Waals surface area (Å²) in [5, 5.41) is 9.55. The van der Waals surface area contributed by atoms with Gasteiger partial charge in [0.05, 0.1) is 23.4 Å². The number of nitrogens with zero attached hydrogens (tertiary/aromatic N) is 4. The van der Waals surface area contributed by atoms with Crippen LogP contribution in [0.5, 0.6) is 0 Å². The minimum absolute atomic E-state index is 0.0331. The number of hydrogen-bond acceptors (Lipinski definition) is 6. The van der Waals surface area contributed by atoms with Crippen LogP contribution in [0.2, 0.25) is 0 Å². The van der Waals surface area contributed by atoms with Crippen LogP contribution >= 0.6 is 23.1 Å². The highest BCUT2D eigenvalue weighted by Gasteiger charge is 2.30. The van der Waals surface area contributed by atoms with Gasteiger partial charge in [-0.05, 0) is 54.4 Å². The number of thioether (sulfide) groups is 1. The van der Waals surface area contributed by atoms with Crippen molar-refractivity contribution >= 4 is 29.0 Å². The molecule has 0 saturated heterocycles. The van der Waals surface area contributed by atoms with E-state index in [2.05, 4.69) is 37.0 Å². The van der Waals surface area contributed by atoms with Gasteiger partial charge in [-0.15, -0.1) is 21.5 Å². The molecule has 1 aliphatic rings. The monoisotopic (exact) mass is 458 g/mol. The van der Waals surface area contributed by atoms with Crippen LogP contribution < -0.4 is 0 Å². The highest BCUT2D eigenvalue weighted by atomic mass is 32.2. The molecule has 0 saturated carbocycles. The van der Waals surface area contributed by atoms with Gasteiger partial charge >= 0.3 is 0 Å². The third-order valence-corrected chi connectivity index (χ3v) is 8.32. The predicted molar refractivity (Wildman–Crippen MR) is 125 cm³/mol. The summed E-state index contributed by atoms with van der Waals surface area (Å²) in [4.78, 5) is 16.8. The van der Waals surface area contributed by atoms with Gasteiger partial charge < -0.3 is 13.9 Å². The predicted octanol–water partition coefficient (Wildman–Crippen LogP) is 5.04. The highest BCUT2D eigenvalue weighted by molar-refractivity contribution is 7.99. The van der Waals surface area contributed by atoms with Crippen molar-refractivity contribution < 1.29 is 9.21 Å². The molecule has 1 amide bonds. The van der Waals surface area contributed by atoms with Crippen molar-refractivity contribution in [3.05, 3.63) is 40.7 Å². The van der Waals surface area contributed by atoms with Crippen molar-refractivity contribution in [1.29, 1.82) is 0 Å². The summed E-state index contributed by atoms with van der Waals surface area (Å²) < 4.78 is 7.33. The van der Waals surface area contributed by atoms with Gasteiger partial charge in [0.1, 0.15) is 5.76 Å². The van der Waals surface area contributed by atoms with E-state index >= 15 is 0 Å². The summed E-state index contributed by atoms with van der Waals surface area (Å²) in [6, 6.07) is 6.00. The van der Waals surface area contributed by atoms with Gasteiger partial charge in [-0.2, -0.15) is 0 Å². The topological polar surface area (TPSA) is 64.2 Å². The van der Waals surface area contributed by atoms with Crippen molar-refractivity contribution in [2.45, 2.75) is 51.7 Å². The molecule has 3 aromatic heterocycles. The molecule has 0 aliphatic heterocycles. The van der Waals surface area contributed by atoms with Crippen LogP contribution in [0.4, 0.5) is 0 Å². The Hall–Kier alpha value is -2.06. The molecule has 31 heavy (non-hydrogen) atoms. The van der Waals surface area contributed by atoms with Crippen molar-refractivity contribution in [2.24, 2.45) is 18.4 Å². The maximum atomic E-state index is 12.5. The summed E-state index contributed by atoms with van der Waals surface area (Å²) in [5.41, 5.74) is 1.81. The lowest BCUT2D eigenvalue weighted by atomic mass is 9.72. The van der Waals surface area contributed by atoms with E-state index in [0.717, 1.165) is 35.5 Å². The van der Waals surface area contributed by atoms with Crippen LogP contribution in [-0.4, -0.2) is 38.4 Å². The molecule has 1 atom stereocenters. The molecule has 8 heteroatoms. The molecule has 0 radical (unpaired) electrons. The number of fused-ring (bicyclic) bond motifs is 1. The summed E-state index contributed by atoms with van der Waals surface area (Å²) >= 11 is 3.26. The molecule has 0 unspecified atom stereocenters. The largest absolute Gasteiger partial charge is 0.467 e. The minimum atomic E-state index is 0.0331. The van der Waals surface area contributed by atoms with Crippen LogP contribution in [0.1, 0.15) is 43.4 Å². The number of carbonyl (C=O) groups excluding carboxylic acids is 1. The molecular weight excluding hydrogens is 428 g/mol. The van der Waals surface area contributed by atoms with E-state index in [1.807, 2.05) is 35.1 Å². The SMILES string of the molecule is CN(Cc1ccco1)C(=O)CSc1nnc(-c2cc3c(s2)CC[C@H](C(C)(C)C)C3)n1C. The number of furan rings is 1. The first-order chi connectivity index (χ1) is 14.7. The van der Waals surface area contributed by atoms with E-state index in [4.69, 9.17) is 4.42 Å². The molecule has 0 N–H and O–H groups in total. The van der Waals surface area contributed by atoms with Crippen LogP contribution in [-0.2, 0) is 31.2 Å². The second-order valence-electron chi connectivity index (χ2n) is 9.35. The van der Waals surface area contributed by atoms with Gasteiger partial charge in [0.2, 0.25) is 5.91 Å². The third-order valence-electron chi connectivity index (χ3n) is 6.09. The average Bonchev–Trinajstić information content (AvgIpc) is 3.44. The standard InChI is InChI=1S/C23H30N4O2S2/c1-23(2,3)16-8-9-18-15(11-16)12-19(31-18)21-24-25-22(27(21)5)30-14-20(28)26(4)13-17-7-6-10-29-17/h6-7,10,12,16H,8-9,11,13-14H2,1-5H3/t16-/m0/s1. The molecule has 0 fully saturated rings. The van der Waals surface area contributed by atoms with Crippen LogP contribution in [0.25, 0.3) is 10.7 Å². The first kappa shape index (κ1) is 22.1. The van der Waals surface area contributed by atoms with Gasteiger partial charge in [-0.25, -0.2) is 0 Å². The third kappa shape index (κ3) is 4.90. The second kappa shape index (κ2) is 8.82. The van der Waals surface area contributed by atoms with Gasteiger partial charge in [0.25, 0.3) is 0 Å². The summed E-state index contributed by atoms with van der Waals surface area (Å²) in [5.74, 6) is 2.72. The van der Waals surface area contributed by atoms with Gasteiger partial charge in [0, 0.05) is 19.0 Å². The van der Waals surface area contributed by atoms with E-state index in [0.29, 0.717) is 17.7 Å². The van der Waals surface area contributed by atoms with E-state index < -0.39 is 0 Å². The smallest absolute Gasteiger partial charge is 0.233 e. The zero-order valence-electron chi connectivity index (χ0n) is 18.8. The Bertz CT molecular complexity index is 1050. The lowest BCUT2D eigenvalue weighted by Crippen LogP contribution is -2.27. The molecule has 0 aromatic carbocycles. The summed E-state index contributed by atoms with van der Waals surface area (Å²) in [7, 11) is 3.76. The van der Waals surface area contributed by atoms with E-state index in [9.17, 15) is 4.79 Å². The molecule has 0 spiro atoms. The Morgan fingerprint density at radius 1 is 1.39 bits per heavy atom. The number of rotatable bonds is 6. The second-order valence-corrected chi connectivity index (χ2v) is 11.4. The normalized spacial score (nSPS) is 16.4. The fourth-order valence-electron chi connectivity index (χ4n) is 3.99. The zero-order valence-corrected chi connectivity index (χ0v) is 20.5. The van der Waals surface area contributed by atoms with Crippen molar-refractivity contribution in [1.82, 2.24) is 19.7 Å². The Morgan fingerprint density at radius 3 is 2.90 bits per heavy atom. The molecule has 1 aliphatic carbocycles. The van der Waals surface area contributed by atoms with Gasteiger partial charge in [-0.1, -0.05) is 32.5 Å². The maximum Gasteiger partial charge on any atom is 0.233 e. The van der Waals surface area contributed by atoms with Crippen molar-refractivity contribution in [2.75, 3.05) is 12.8 Å². The fraction of sp³-hybridized carbons (Fsp3) is 0.522. The average molecular weight is 459 g/mol. The maximum absolute atomic E-state index is 12.5. The number of thiophene rings is 1. The van der Waals surface area contributed by atoms with Crippen LogP contribution in [0.3, 0.4) is 0 Å². The minimum Gasteiger partial charge on any atom is -0.467 e. The first-order valence-corrected chi connectivity index (χ1v) is 12.4. The van der Waals surface area contributed by atoms with E-state index in [1.54, 1.807) is 18.2 Å². The zero-order chi connectivity index (χ0) is 22.2. The Kier molecular flexibility index (Phi) is 6.30. The van der Waals surface area contributed by atoms with Crippen LogP contribution in [0.15, 0.2) is 34.0 Å². The van der Waals surface area contributed by atoms with Gasteiger partial charge in [0.15, 0.2) is 11.0 Å². The molecule has 4 rings (SSSR count). The summed E-state index contributed by atoms with van der Waals surface area (Å²) in [6.07, 6.45) is 5.17. The number of aryl methyl sites for hydroxylation is 1. The molecule has 3 aromatic rings. The Labute approximate surface area is 192 Å². The van der Waals surface area contributed by atoms with Gasteiger partial charge in [-0.3, -0.25) is 4.79 Å². The van der Waals surface area contributed by atoms with Crippen molar-refractivity contribution in [3.8, 4) is 10.7 Å². The highest BCUT2D eigenvalue weighted by Crippen LogP contribution is 2.42.